The first-order chi connectivity index (χ1) is 12.6. The van der Waals surface area contributed by atoms with Gasteiger partial charge in [0, 0.05) is 19.2 Å². The lowest BCUT2D eigenvalue weighted by Gasteiger charge is -2.32. The maximum Gasteiger partial charge on any atom is 0.257 e. The Bertz CT molecular complexity index is 748. The number of carbonyl (C=O) groups is 1. The summed E-state index contributed by atoms with van der Waals surface area (Å²) in [7, 11) is 3.50. The van der Waals surface area contributed by atoms with Crippen LogP contribution in [0.5, 0.6) is 5.75 Å². The van der Waals surface area contributed by atoms with Gasteiger partial charge in [0.1, 0.15) is 12.1 Å². The van der Waals surface area contributed by atoms with Crippen molar-refractivity contribution in [2.75, 3.05) is 33.8 Å². The number of likely N-dealkylation sites (tertiary alicyclic amines) is 1. The first-order valence-electron chi connectivity index (χ1n) is 8.68. The second-order valence-electron chi connectivity index (χ2n) is 6.39. The van der Waals surface area contributed by atoms with Gasteiger partial charge in [-0.15, -0.1) is 17.5 Å². The van der Waals surface area contributed by atoms with Crippen molar-refractivity contribution in [3.63, 3.8) is 0 Å². The average molecular weight is 415 g/mol. The van der Waals surface area contributed by atoms with Gasteiger partial charge < -0.3 is 15.0 Å². The fourth-order valence-electron chi connectivity index (χ4n) is 3.27. The maximum atomic E-state index is 13.0. The monoisotopic (exact) mass is 414 g/mol. The van der Waals surface area contributed by atoms with E-state index in [2.05, 4.69) is 20.8 Å². The normalized spacial score (nSPS) is 14.7. The molecule has 1 fully saturated rings. The number of piperidine rings is 1. The van der Waals surface area contributed by atoms with Gasteiger partial charge in [0.25, 0.3) is 5.91 Å². The van der Waals surface area contributed by atoms with Crippen LogP contribution in [0.25, 0.3) is 5.69 Å². The minimum atomic E-state index is -0.0564. The van der Waals surface area contributed by atoms with Crippen LogP contribution in [-0.2, 0) is 0 Å². The Hall–Kier alpha value is -1.90. The Morgan fingerprint density at radius 3 is 2.70 bits per heavy atom. The van der Waals surface area contributed by atoms with Crippen molar-refractivity contribution >= 4 is 29.9 Å². The zero-order chi connectivity index (χ0) is 18.5. The number of hydrogen-bond acceptors (Lipinski definition) is 6. The number of benzene rings is 1. The molecule has 0 unspecified atom stereocenters. The topological polar surface area (TPSA) is 85.2 Å². The highest BCUT2D eigenvalue weighted by molar-refractivity contribution is 6.33. The van der Waals surface area contributed by atoms with E-state index in [1.54, 1.807) is 12.1 Å². The average Bonchev–Trinajstić information content (AvgIpc) is 3.20. The molecule has 148 valence electrons. The van der Waals surface area contributed by atoms with Gasteiger partial charge in [-0.05, 0) is 55.3 Å². The van der Waals surface area contributed by atoms with E-state index in [9.17, 15) is 4.79 Å². The molecule has 1 saturated heterocycles. The Balaban J connectivity index is 0.00000261. The molecule has 3 rings (SSSR count). The van der Waals surface area contributed by atoms with Crippen LogP contribution in [0.3, 0.4) is 0 Å². The molecular formula is C17H24Cl2N6O2. The fraction of sp³-hybridized carbons (Fsp3) is 0.529. The number of amides is 1. The lowest BCUT2D eigenvalue weighted by molar-refractivity contribution is 0.0684. The third-order valence-electron chi connectivity index (χ3n) is 4.80. The van der Waals surface area contributed by atoms with E-state index in [-0.39, 0.29) is 18.3 Å². The van der Waals surface area contributed by atoms with Crippen LogP contribution in [0.15, 0.2) is 18.5 Å². The van der Waals surface area contributed by atoms with Crippen molar-refractivity contribution in [3.05, 3.63) is 29.0 Å². The molecule has 1 aromatic heterocycles. The van der Waals surface area contributed by atoms with Crippen LogP contribution in [-0.4, -0.2) is 64.8 Å². The summed E-state index contributed by atoms with van der Waals surface area (Å²) >= 11 is 6.36. The van der Waals surface area contributed by atoms with Crippen molar-refractivity contribution in [1.29, 1.82) is 0 Å². The highest BCUT2D eigenvalue weighted by Gasteiger charge is 2.26. The lowest BCUT2D eigenvalue weighted by atomic mass is 9.93. The summed E-state index contributed by atoms with van der Waals surface area (Å²) in [6.45, 7) is 2.52. The van der Waals surface area contributed by atoms with E-state index in [0.717, 1.165) is 38.9 Å². The van der Waals surface area contributed by atoms with Gasteiger partial charge >= 0.3 is 0 Å². The smallest absolute Gasteiger partial charge is 0.257 e. The number of aromatic nitrogens is 4. The van der Waals surface area contributed by atoms with E-state index in [0.29, 0.717) is 27.9 Å². The minimum Gasteiger partial charge on any atom is -0.496 e. The Morgan fingerprint density at radius 1 is 1.37 bits per heavy atom. The number of carbonyl (C=O) groups excluding carboxylic acids is 1. The third kappa shape index (κ3) is 4.88. The number of methoxy groups -OCH3 is 1. The molecule has 0 radical (unpaired) electrons. The second-order valence-corrected chi connectivity index (χ2v) is 6.79. The van der Waals surface area contributed by atoms with Crippen LogP contribution in [0.4, 0.5) is 0 Å². The molecule has 27 heavy (non-hydrogen) atoms. The second kappa shape index (κ2) is 9.87. The SMILES string of the molecule is CNCCC1CCN(C(=O)c2cc(Cl)c(-n3cnnn3)cc2OC)CC1.Cl. The van der Waals surface area contributed by atoms with Crippen LogP contribution < -0.4 is 10.1 Å². The van der Waals surface area contributed by atoms with E-state index in [4.69, 9.17) is 16.3 Å². The molecule has 0 aliphatic carbocycles. The molecule has 1 amide bonds. The largest absolute Gasteiger partial charge is 0.496 e. The Morgan fingerprint density at radius 2 is 2.11 bits per heavy atom. The number of rotatable bonds is 6. The summed E-state index contributed by atoms with van der Waals surface area (Å²) in [4.78, 5) is 14.9. The summed E-state index contributed by atoms with van der Waals surface area (Å²) < 4.78 is 6.87. The van der Waals surface area contributed by atoms with Crippen molar-refractivity contribution in [3.8, 4) is 11.4 Å². The van der Waals surface area contributed by atoms with Crippen LogP contribution in [0, 0.1) is 5.92 Å². The van der Waals surface area contributed by atoms with Gasteiger partial charge in [0.15, 0.2) is 0 Å². The van der Waals surface area contributed by atoms with Gasteiger partial charge in [-0.1, -0.05) is 11.6 Å². The molecule has 10 heteroatoms. The number of tetrazole rings is 1. The van der Waals surface area contributed by atoms with Gasteiger partial charge in [0.05, 0.1) is 23.4 Å². The van der Waals surface area contributed by atoms with Crippen molar-refractivity contribution in [2.45, 2.75) is 19.3 Å². The molecule has 0 atom stereocenters. The van der Waals surface area contributed by atoms with Crippen molar-refractivity contribution in [1.82, 2.24) is 30.4 Å². The van der Waals surface area contributed by atoms with E-state index >= 15 is 0 Å². The van der Waals surface area contributed by atoms with Crippen LogP contribution in [0.2, 0.25) is 5.02 Å². The molecule has 1 aliphatic heterocycles. The summed E-state index contributed by atoms with van der Waals surface area (Å²) in [5.41, 5.74) is 1.03. The molecular weight excluding hydrogens is 391 g/mol. The quantitative estimate of drug-likeness (QED) is 0.779. The molecule has 0 spiro atoms. The zero-order valence-corrected chi connectivity index (χ0v) is 17.0. The zero-order valence-electron chi connectivity index (χ0n) is 15.4. The van der Waals surface area contributed by atoms with E-state index < -0.39 is 0 Å². The fourth-order valence-corrected chi connectivity index (χ4v) is 3.52. The molecule has 1 aliphatic rings. The number of hydrogen-bond donors (Lipinski definition) is 1. The van der Waals surface area contributed by atoms with Crippen LogP contribution >= 0.6 is 24.0 Å². The molecule has 1 N–H and O–H groups in total. The maximum absolute atomic E-state index is 13.0. The Kier molecular flexibility index (Phi) is 7.82. The highest BCUT2D eigenvalue weighted by Crippen LogP contribution is 2.31. The first kappa shape index (κ1) is 21.4. The standard InChI is InChI=1S/C17H23ClN6O2.ClH/c1-19-6-3-12-4-7-23(8-5-12)17(25)13-9-14(18)15(10-16(13)26-2)24-11-20-21-22-24;/h9-12,19H,3-8H2,1-2H3;1H. The summed E-state index contributed by atoms with van der Waals surface area (Å²) in [5, 5.41) is 14.6. The van der Waals surface area contributed by atoms with Gasteiger partial charge in [-0.3, -0.25) is 4.79 Å². The van der Waals surface area contributed by atoms with E-state index in [1.165, 1.54) is 18.1 Å². The van der Waals surface area contributed by atoms with E-state index in [1.807, 2.05) is 11.9 Å². The molecule has 1 aromatic carbocycles. The Labute approximate surface area is 169 Å². The number of ether oxygens (including phenoxy) is 1. The van der Waals surface area contributed by atoms with Crippen LogP contribution in [0.1, 0.15) is 29.6 Å². The number of halogens is 2. The van der Waals surface area contributed by atoms with Crippen molar-refractivity contribution < 1.29 is 9.53 Å². The molecule has 0 bridgehead atoms. The molecule has 2 heterocycles. The predicted molar refractivity (Wildman–Crippen MR) is 105 cm³/mol. The molecule has 8 nitrogen and oxygen atoms in total. The van der Waals surface area contributed by atoms with Gasteiger partial charge in [-0.25, -0.2) is 0 Å². The molecule has 2 aromatic rings. The first-order valence-corrected chi connectivity index (χ1v) is 9.06. The summed E-state index contributed by atoms with van der Waals surface area (Å²) in [6, 6.07) is 3.32. The summed E-state index contributed by atoms with van der Waals surface area (Å²) in [6.07, 6.45) is 4.63. The van der Waals surface area contributed by atoms with Gasteiger partial charge in [0.2, 0.25) is 0 Å². The van der Waals surface area contributed by atoms with Gasteiger partial charge in [-0.2, -0.15) is 4.68 Å². The predicted octanol–water partition coefficient (Wildman–Crippen LogP) is 2.21. The highest BCUT2D eigenvalue weighted by atomic mass is 35.5. The third-order valence-corrected chi connectivity index (χ3v) is 5.10. The summed E-state index contributed by atoms with van der Waals surface area (Å²) in [5.74, 6) is 1.07. The molecule has 0 saturated carbocycles. The number of nitrogens with zero attached hydrogens (tertiary/aromatic N) is 5. The number of nitrogens with one attached hydrogen (secondary N) is 1. The minimum absolute atomic E-state index is 0. The van der Waals surface area contributed by atoms with Crippen molar-refractivity contribution in [2.24, 2.45) is 5.92 Å². The lowest BCUT2D eigenvalue weighted by Crippen LogP contribution is -2.39.